The summed E-state index contributed by atoms with van der Waals surface area (Å²) in [4.78, 5) is 11.2. The van der Waals surface area contributed by atoms with Gasteiger partial charge >= 0.3 is 0 Å². The second-order valence-corrected chi connectivity index (χ2v) is 3.94. The van der Waals surface area contributed by atoms with Crippen LogP contribution in [0.3, 0.4) is 0 Å². The van der Waals surface area contributed by atoms with E-state index in [1.807, 2.05) is 0 Å². The Labute approximate surface area is 97.4 Å². The van der Waals surface area contributed by atoms with Gasteiger partial charge in [0.1, 0.15) is 30.5 Å². The van der Waals surface area contributed by atoms with E-state index in [0.717, 1.165) is 0 Å². The maximum atomic E-state index is 11.2. The molecular weight excluding hydrogens is 234 g/mol. The van der Waals surface area contributed by atoms with Gasteiger partial charge in [-0.15, -0.1) is 0 Å². The first kappa shape index (κ1) is 14.3. The lowest BCUT2D eigenvalue weighted by molar-refractivity contribution is -0.254. The summed E-state index contributed by atoms with van der Waals surface area (Å²) in [7, 11) is 0. The summed E-state index contributed by atoms with van der Waals surface area (Å²) in [6.07, 6.45) is -6.96. The minimum atomic E-state index is -1.58. The maximum Gasteiger partial charge on any atom is 0.249 e. The summed E-state index contributed by atoms with van der Waals surface area (Å²) in [5, 5.41) is 48.6. The number of hydrogen-bond donors (Lipinski definition) is 6. The molecule has 1 aliphatic heterocycles. The first-order valence-electron chi connectivity index (χ1n) is 5.17. The van der Waals surface area contributed by atoms with Crippen LogP contribution in [0.1, 0.15) is 6.92 Å². The summed E-state index contributed by atoms with van der Waals surface area (Å²) in [5.74, 6) is -0.814. The van der Waals surface area contributed by atoms with Crippen molar-refractivity contribution in [2.75, 3.05) is 6.61 Å². The smallest absolute Gasteiger partial charge is 0.249 e. The van der Waals surface area contributed by atoms with Crippen LogP contribution in [-0.2, 0) is 9.53 Å². The van der Waals surface area contributed by atoms with Crippen molar-refractivity contribution in [3.63, 3.8) is 0 Å². The second kappa shape index (κ2) is 5.71. The molecule has 1 fully saturated rings. The minimum absolute atomic E-state index is 0.577. The molecule has 6 atom stereocenters. The van der Waals surface area contributed by atoms with E-state index in [2.05, 4.69) is 5.32 Å². The molecular formula is C9H17NO7. The third kappa shape index (κ3) is 3.12. The maximum absolute atomic E-state index is 11.2. The predicted molar refractivity (Wildman–Crippen MR) is 53.6 cm³/mol. The Morgan fingerprint density at radius 1 is 1.35 bits per heavy atom. The van der Waals surface area contributed by atoms with Gasteiger partial charge in [0.2, 0.25) is 5.91 Å². The number of carbonyl (C=O) groups excluding carboxylic acids is 1. The van der Waals surface area contributed by atoms with Crippen molar-refractivity contribution in [2.24, 2.45) is 0 Å². The predicted octanol–water partition coefficient (Wildman–Crippen LogP) is -3.72. The standard InChI is InChI=1S/C9H17NO7/c1-3(12)8(15)10-5-7(14)6(13)4(2-11)17-9(5)16/h3-7,9,11-14,16H,2H2,1H3,(H,10,15). The van der Waals surface area contributed by atoms with Crippen LogP contribution in [0.25, 0.3) is 0 Å². The summed E-state index contributed by atoms with van der Waals surface area (Å²) in [6, 6.07) is -1.27. The van der Waals surface area contributed by atoms with Gasteiger partial charge in [-0.25, -0.2) is 0 Å². The van der Waals surface area contributed by atoms with E-state index in [1.54, 1.807) is 0 Å². The van der Waals surface area contributed by atoms with Crippen molar-refractivity contribution in [1.82, 2.24) is 5.32 Å². The van der Waals surface area contributed by atoms with E-state index in [0.29, 0.717) is 0 Å². The van der Waals surface area contributed by atoms with Gasteiger partial charge < -0.3 is 35.6 Å². The van der Waals surface area contributed by atoms with Gasteiger partial charge in [-0.2, -0.15) is 0 Å². The van der Waals surface area contributed by atoms with Crippen molar-refractivity contribution in [3.05, 3.63) is 0 Å². The van der Waals surface area contributed by atoms with Crippen LogP contribution in [0.15, 0.2) is 0 Å². The average molecular weight is 251 g/mol. The number of amides is 1. The van der Waals surface area contributed by atoms with Gasteiger partial charge in [-0.1, -0.05) is 0 Å². The molecule has 8 nitrogen and oxygen atoms in total. The van der Waals surface area contributed by atoms with Gasteiger partial charge in [0.25, 0.3) is 0 Å². The Bertz CT molecular complexity index is 272. The molecule has 17 heavy (non-hydrogen) atoms. The molecule has 0 aliphatic carbocycles. The molecule has 6 N–H and O–H groups in total. The van der Waals surface area contributed by atoms with Crippen LogP contribution in [0.5, 0.6) is 0 Å². The third-order valence-electron chi connectivity index (χ3n) is 2.59. The van der Waals surface area contributed by atoms with Crippen molar-refractivity contribution in [1.29, 1.82) is 0 Å². The molecule has 8 heteroatoms. The molecule has 0 spiro atoms. The molecule has 0 saturated carbocycles. The first-order valence-corrected chi connectivity index (χ1v) is 5.17. The fourth-order valence-corrected chi connectivity index (χ4v) is 1.54. The topological polar surface area (TPSA) is 139 Å². The fraction of sp³-hybridized carbons (Fsp3) is 0.889. The molecule has 1 aliphatic rings. The zero-order valence-electron chi connectivity index (χ0n) is 9.22. The van der Waals surface area contributed by atoms with Gasteiger partial charge in [0.05, 0.1) is 6.61 Å². The highest BCUT2D eigenvalue weighted by atomic mass is 16.6. The highest BCUT2D eigenvalue weighted by Crippen LogP contribution is 2.19. The van der Waals surface area contributed by atoms with Crippen molar-refractivity contribution in [2.45, 2.75) is 43.7 Å². The van der Waals surface area contributed by atoms with Crippen LogP contribution in [0.2, 0.25) is 0 Å². The molecule has 0 aromatic carbocycles. The Morgan fingerprint density at radius 3 is 2.41 bits per heavy atom. The normalized spacial score (nSPS) is 39.8. The van der Waals surface area contributed by atoms with Gasteiger partial charge in [-0.3, -0.25) is 4.79 Å². The molecule has 1 amide bonds. The number of ether oxygens (including phenoxy) is 1. The molecule has 6 unspecified atom stereocenters. The number of aliphatic hydroxyl groups excluding tert-OH is 5. The molecule has 1 rings (SSSR count). The van der Waals surface area contributed by atoms with E-state index in [-0.39, 0.29) is 0 Å². The van der Waals surface area contributed by atoms with E-state index in [9.17, 15) is 20.1 Å². The molecule has 0 bridgehead atoms. The Kier molecular flexibility index (Phi) is 4.80. The van der Waals surface area contributed by atoms with E-state index >= 15 is 0 Å². The van der Waals surface area contributed by atoms with E-state index in [1.165, 1.54) is 6.92 Å². The zero-order chi connectivity index (χ0) is 13.2. The van der Waals surface area contributed by atoms with Crippen molar-refractivity contribution < 1.29 is 35.1 Å². The Morgan fingerprint density at radius 2 is 1.94 bits per heavy atom. The van der Waals surface area contributed by atoms with Crippen LogP contribution in [0.4, 0.5) is 0 Å². The minimum Gasteiger partial charge on any atom is -0.394 e. The lowest BCUT2D eigenvalue weighted by Crippen LogP contribution is -2.64. The first-order chi connectivity index (χ1) is 7.88. The monoisotopic (exact) mass is 251 g/mol. The summed E-state index contributed by atoms with van der Waals surface area (Å²) >= 11 is 0. The number of hydrogen-bond acceptors (Lipinski definition) is 7. The van der Waals surface area contributed by atoms with Crippen LogP contribution in [0, 0.1) is 0 Å². The largest absolute Gasteiger partial charge is 0.394 e. The zero-order valence-corrected chi connectivity index (χ0v) is 9.22. The number of nitrogens with one attached hydrogen (secondary N) is 1. The fourth-order valence-electron chi connectivity index (χ4n) is 1.54. The van der Waals surface area contributed by atoms with Gasteiger partial charge in [0, 0.05) is 0 Å². The number of rotatable bonds is 3. The van der Waals surface area contributed by atoms with Crippen molar-refractivity contribution >= 4 is 5.91 Å². The number of carbonyl (C=O) groups is 1. The second-order valence-electron chi connectivity index (χ2n) is 3.94. The molecule has 0 aromatic heterocycles. The Hall–Kier alpha value is -0.770. The highest BCUT2D eigenvalue weighted by Gasteiger charge is 2.44. The van der Waals surface area contributed by atoms with Gasteiger partial charge in [0.15, 0.2) is 6.29 Å². The number of aliphatic hydroxyl groups is 5. The molecule has 0 radical (unpaired) electrons. The lowest BCUT2D eigenvalue weighted by atomic mass is 9.97. The summed E-state index contributed by atoms with van der Waals surface area (Å²) in [6.45, 7) is 0.636. The molecule has 0 aromatic rings. The van der Waals surface area contributed by atoms with Crippen LogP contribution in [-0.4, -0.2) is 74.8 Å². The summed E-state index contributed by atoms with van der Waals surface area (Å²) in [5.41, 5.74) is 0. The van der Waals surface area contributed by atoms with Crippen LogP contribution >= 0.6 is 0 Å². The summed E-state index contributed by atoms with van der Waals surface area (Å²) < 4.78 is 4.81. The van der Waals surface area contributed by atoms with E-state index < -0.39 is 49.3 Å². The van der Waals surface area contributed by atoms with Gasteiger partial charge in [-0.05, 0) is 6.92 Å². The van der Waals surface area contributed by atoms with E-state index in [4.69, 9.17) is 14.9 Å². The highest BCUT2D eigenvalue weighted by molar-refractivity contribution is 5.80. The third-order valence-corrected chi connectivity index (χ3v) is 2.59. The SMILES string of the molecule is CC(O)C(=O)NC1C(O)OC(CO)C(O)C1O. The lowest BCUT2D eigenvalue weighted by Gasteiger charge is -2.40. The average Bonchev–Trinajstić information content (AvgIpc) is 2.28. The molecule has 1 saturated heterocycles. The molecule has 1 heterocycles. The van der Waals surface area contributed by atoms with Crippen molar-refractivity contribution in [3.8, 4) is 0 Å². The molecule has 100 valence electrons. The van der Waals surface area contributed by atoms with Crippen LogP contribution < -0.4 is 5.32 Å². The quantitative estimate of drug-likeness (QED) is 0.303. The Balaban J connectivity index is 2.69.